The van der Waals surface area contributed by atoms with Gasteiger partial charge in [-0.3, -0.25) is 4.79 Å². The van der Waals surface area contributed by atoms with Crippen LogP contribution < -0.4 is 10.1 Å². The first-order valence-electron chi connectivity index (χ1n) is 9.95. The lowest BCUT2D eigenvalue weighted by Crippen LogP contribution is -2.30. The van der Waals surface area contributed by atoms with Crippen molar-refractivity contribution in [2.75, 3.05) is 5.32 Å². The summed E-state index contributed by atoms with van der Waals surface area (Å²) in [5.41, 5.74) is 2.07. The molecule has 0 aliphatic rings. The summed E-state index contributed by atoms with van der Waals surface area (Å²) in [5, 5.41) is 6.37. The van der Waals surface area contributed by atoms with Crippen LogP contribution in [0.5, 0.6) is 5.75 Å². The van der Waals surface area contributed by atoms with Crippen molar-refractivity contribution in [1.29, 1.82) is 0 Å². The fraction of sp³-hybridized carbons (Fsp3) is 0.261. The second-order valence-electron chi connectivity index (χ2n) is 7.00. The smallest absolute Gasteiger partial charge is 0.387 e. The minimum atomic E-state index is -3.04. The SMILES string of the molecule is Cc1noc(C)c1CSc1ccccc1C(=O)OC(C)C(=O)Nc1ccccc1OC(F)F. The van der Waals surface area contributed by atoms with Gasteiger partial charge in [-0.15, -0.1) is 11.8 Å². The number of hydrogen-bond donors (Lipinski definition) is 1. The molecular weight excluding hydrogens is 454 g/mol. The van der Waals surface area contributed by atoms with Gasteiger partial charge in [0.05, 0.1) is 16.9 Å². The van der Waals surface area contributed by atoms with Crippen molar-refractivity contribution in [3.63, 3.8) is 0 Å². The van der Waals surface area contributed by atoms with E-state index in [0.717, 1.165) is 11.3 Å². The number of thioether (sulfide) groups is 1. The van der Waals surface area contributed by atoms with Gasteiger partial charge in [-0.1, -0.05) is 29.4 Å². The lowest BCUT2D eigenvalue weighted by molar-refractivity contribution is -0.123. The zero-order valence-corrected chi connectivity index (χ0v) is 18.9. The van der Waals surface area contributed by atoms with Crippen LogP contribution in [-0.4, -0.2) is 29.7 Å². The van der Waals surface area contributed by atoms with E-state index in [1.807, 2.05) is 13.8 Å². The van der Waals surface area contributed by atoms with Crippen LogP contribution in [0, 0.1) is 13.8 Å². The van der Waals surface area contributed by atoms with Gasteiger partial charge < -0.3 is 19.3 Å². The van der Waals surface area contributed by atoms with E-state index in [4.69, 9.17) is 9.26 Å². The first-order valence-corrected chi connectivity index (χ1v) is 10.9. The molecule has 33 heavy (non-hydrogen) atoms. The number of aromatic nitrogens is 1. The number of aryl methyl sites for hydroxylation is 2. The van der Waals surface area contributed by atoms with Gasteiger partial charge in [0.25, 0.3) is 5.91 Å². The molecule has 0 radical (unpaired) electrons. The maximum atomic E-state index is 12.8. The van der Waals surface area contributed by atoms with Gasteiger partial charge in [0.1, 0.15) is 11.5 Å². The number of anilines is 1. The number of ether oxygens (including phenoxy) is 2. The molecule has 3 rings (SSSR count). The predicted octanol–water partition coefficient (Wildman–Crippen LogP) is 5.37. The van der Waals surface area contributed by atoms with Crippen LogP contribution in [0.3, 0.4) is 0 Å². The number of nitrogens with zero attached hydrogens (tertiary/aromatic N) is 1. The number of amides is 1. The minimum Gasteiger partial charge on any atom is -0.449 e. The molecule has 0 fully saturated rings. The summed E-state index contributed by atoms with van der Waals surface area (Å²) in [7, 11) is 0. The first-order chi connectivity index (χ1) is 15.8. The van der Waals surface area contributed by atoms with E-state index in [1.54, 1.807) is 30.3 Å². The summed E-state index contributed by atoms with van der Waals surface area (Å²) in [6, 6.07) is 12.6. The minimum absolute atomic E-state index is 0.0427. The van der Waals surface area contributed by atoms with Crippen molar-refractivity contribution in [1.82, 2.24) is 5.16 Å². The van der Waals surface area contributed by atoms with Gasteiger partial charge in [0.2, 0.25) is 0 Å². The van der Waals surface area contributed by atoms with E-state index in [9.17, 15) is 18.4 Å². The van der Waals surface area contributed by atoms with E-state index in [0.29, 0.717) is 22.0 Å². The summed E-state index contributed by atoms with van der Waals surface area (Å²) in [6.45, 7) is 2.01. The number of hydrogen-bond acceptors (Lipinski definition) is 7. The molecule has 1 aromatic heterocycles. The lowest BCUT2D eigenvalue weighted by Gasteiger charge is -2.16. The Morgan fingerprint density at radius 2 is 1.82 bits per heavy atom. The van der Waals surface area contributed by atoms with Crippen LogP contribution in [0.2, 0.25) is 0 Å². The molecule has 10 heteroatoms. The second kappa shape index (κ2) is 11.0. The lowest BCUT2D eigenvalue weighted by atomic mass is 10.2. The number of halogens is 2. The highest BCUT2D eigenvalue weighted by atomic mass is 32.2. The Morgan fingerprint density at radius 1 is 1.12 bits per heavy atom. The molecule has 0 saturated heterocycles. The third-order valence-electron chi connectivity index (χ3n) is 4.67. The largest absolute Gasteiger partial charge is 0.449 e. The summed E-state index contributed by atoms with van der Waals surface area (Å²) in [5.74, 6) is -0.310. The Kier molecular flexibility index (Phi) is 8.05. The number of benzene rings is 2. The molecular formula is C23H22F2N2O5S. The molecule has 0 bridgehead atoms. The van der Waals surface area contributed by atoms with Crippen LogP contribution >= 0.6 is 11.8 Å². The Morgan fingerprint density at radius 3 is 2.52 bits per heavy atom. The van der Waals surface area contributed by atoms with E-state index in [-0.39, 0.29) is 11.4 Å². The molecule has 3 aromatic rings. The van der Waals surface area contributed by atoms with Gasteiger partial charge in [0, 0.05) is 16.2 Å². The third kappa shape index (κ3) is 6.32. The van der Waals surface area contributed by atoms with Gasteiger partial charge in [-0.2, -0.15) is 8.78 Å². The zero-order chi connectivity index (χ0) is 24.0. The molecule has 7 nitrogen and oxygen atoms in total. The van der Waals surface area contributed by atoms with Crippen molar-refractivity contribution in [2.24, 2.45) is 0 Å². The van der Waals surface area contributed by atoms with Crippen molar-refractivity contribution in [2.45, 2.75) is 44.1 Å². The average Bonchev–Trinajstić information content (AvgIpc) is 3.10. The van der Waals surface area contributed by atoms with Crippen LogP contribution in [-0.2, 0) is 15.3 Å². The van der Waals surface area contributed by atoms with E-state index < -0.39 is 24.6 Å². The van der Waals surface area contributed by atoms with Crippen molar-refractivity contribution < 1.29 is 32.4 Å². The van der Waals surface area contributed by atoms with Gasteiger partial charge in [-0.05, 0) is 45.0 Å². The molecule has 1 heterocycles. The number of carbonyl (C=O) groups excluding carboxylic acids is 2. The molecule has 0 spiro atoms. The highest BCUT2D eigenvalue weighted by Crippen LogP contribution is 2.30. The normalized spacial score (nSPS) is 11.8. The highest BCUT2D eigenvalue weighted by Gasteiger charge is 2.22. The van der Waals surface area contributed by atoms with Crippen LogP contribution in [0.4, 0.5) is 14.5 Å². The topological polar surface area (TPSA) is 90.7 Å². The van der Waals surface area contributed by atoms with Crippen molar-refractivity contribution in [3.8, 4) is 5.75 Å². The van der Waals surface area contributed by atoms with Gasteiger partial charge in [0.15, 0.2) is 6.10 Å². The fourth-order valence-electron chi connectivity index (χ4n) is 2.90. The van der Waals surface area contributed by atoms with Crippen LogP contribution in [0.25, 0.3) is 0 Å². The molecule has 1 N–H and O–H groups in total. The molecule has 0 saturated carbocycles. The Hall–Kier alpha value is -3.40. The molecule has 1 atom stereocenters. The zero-order valence-electron chi connectivity index (χ0n) is 18.1. The van der Waals surface area contributed by atoms with Gasteiger partial charge >= 0.3 is 12.6 Å². The quantitative estimate of drug-likeness (QED) is 0.328. The standard InChI is InChI=1S/C23H22F2N2O5S/c1-13-17(14(2)32-27-13)12-33-20-11-7-4-8-16(20)22(29)30-15(3)21(28)26-18-9-5-6-10-19(18)31-23(24)25/h4-11,15,23H,12H2,1-3H3,(H,26,28). The number of nitrogens with one attached hydrogen (secondary N) is 1. The second-order valence-corrected chi connectivity index (χ2v) is 8.02. The number of esters is 1. The maximum Gasteiger partial charge on any atom is 0.387 e. The van der Waals surface area contributed by atoms with E-state index in [2.05, 4.69) is 15.2 Å². The fourth-order valence-corrected chi connectivity index (χ4v) is 4.09. The Bertz CT molecular complexity index is 1120. The molecule has 1 unspecified atom stereocenters. The first kappa shape index (κ1) is 24.2. The molecule has 0 aliphatic heterocycles. The Labute approximate surface area is 193 Å². The molecule has 1 amide bonds. The predicted molar refractivity (Wildman–Crippen MR) is 119 cm³/mol. The van der Waals surface area contributed by atoms with Crippen LogP contribution in [0.1, 0.15) is 34.3 Å². The average molecular weight is 477 g/mol. The summed E-state index contributed by atoms with van der Waals surface area (Å²) >= 11 is 1.42. The highest BCUT2D eigenvalue weighted by molar-refractivity contribution is 7.98. The van der Waals surface area contributed by atoms with Gasteiger partial charge in [-0.25, -0.2) is 4.79 Å². The summed E-state index contributed by atoms with van der Waals surface area (Å²) in [6.07, 6.45) is -1.18. The number of rotatable bonds is 9. The number of carbonyl (C=O) groups is 2. The maximum absolute atomic E-state index is 12.8. The van der Waals surface area contributed by atoms with E-state index >= 15 is 0 Å². The van der Waals surface area contributed by atoms with Crippen molar-refractivity contribution in [3.05, 3.63) is 71.1 Å². The van der Waals surface area contributed by atoms with Crippen LogP contribution in [0.15, 0.2) is 57.9 Å². The third-order valence-corrected chi connectivity index (χ3v) is 5.77. The Balaban J connectivity index is 1.66. The van der Waals surface area contributed by atoms with Crippen molar-refractivity contribution >= 4 is 29.3 Å². The summed E-state index contributed by atoms with van der Waals surface area (Å²) < 4.78 is 40.0. The summed E-state index contributed by atoms with van der Waals surface area (Å²) in [4.78, 5) is 25.9. The molecule has 174 valence electrons. The molecule has 2 aromatic carbocycles. The van der Waals surface area contributed by atoms with E-state index in [1.165, 1.54) is 36.9 Å². The monoisotopic (exact) mass is 476 g/mol. The molecule has 0 aliphatic carbocycles. The number of alkyl halides is 2. The number of para-hydroxylation sites is 2.